The molecule has 182 valence electrons. The molecule has 1 atom stereocenters. The number of amides is 1. The van der Waals surface area contributed by atoms with E-state index in [1.807, 2.05) is 43.3 Å². The SMILES string of the molecule is C[C@@]1(Cc2cccc(Cl)c2Cl)Cc2cc(C(=O)N(CCC(=O)O)Cc3ccccc3Cl)ccc2O1. The molecular formula is C27H24Cl3NO4. The summed E-state index contributed by atoms with van der Waals surface area (Å²) >= 11 is 18.8. The predicted octanol–water partition coefficient (Wildman–Crippen LogP) is 6.70. The summed E-state index contributed by atoms with van der Waals surface area (Å²) in [6, 6.07) is 18.1. The van der Waals surface area contributed by atoms with Crippen LogP contribution < -0.4 is 4.74 Å². The molecule has 3 aromatic rings. The number of carboxylic acids is 1. The number of hydrogen-bond donors (Lipinski definition) is 1. The van der Waals surface area contributed by atoms with Crippen molar-refractivity contribution in [2.45, 2.75) is 38.3 Å². The molecule has 1 amide bonds. The summed E-state index contributed by atoms with van der Waals surface area (Å²) in [5.41, 5.74) is 2.48. The first-order valence-electron chi connectivity index (χ1n) is 11.1. The van der Waals surface area contributed by atoms with Gasteiger partial charge in [0.25, 0.3) is 5.91 Å². The van der Waals surface area contributed by atoms with E-state index >= 15 is 0 Å². The molecule has 3 aromatic carbocycles. The van der Waals surface area contributed by atoms with Crippen LogP contribution in [0.1, 0.15) is 40.4 Å². The zero-order valence-electron chi connectivity index (χ0n) is 19.1. The van der Waals surface area contributed by atoms with Crippen LogP contribution in [-0.4, -0.2) is 34.0 Å². The van der Waals surface area contributed by atoms with Crippen LogP contribution in [0.15, 0.2) is 60.7 Å². The van der Waals surface area contributed by atoms with E-state index in [2.05, 4.69) is 0 Å². The third-order valence-corrected chi connectivity index (χ3v) is 7.25. The van der Waals surface area contributed by atoms with Crippen LogP contribution in [0.2, 0.25) is 15.1 Å². The molecule has 0 saturated heterocycles. The third-order valence-electron chi connectivity index (χ3n) is 6.03. The Kier molecular flexibility index (Phi) is 7.60. The maximum atomic E-state index is 13.4. The summed E-state index contributed by atoms with van der Waals surface area (Å²) in [4.78, 5) is 26.1. The first-order valence-corrected chi connectivity index (χ1v) is 12.3. The highest BCUT2D eigenvalue weighted by atomic mass is 35.5. The van der Waals surface area contributed by atoms with Gasteiger partial charge in [-0.15, -0.1) is 0 Å². The van der Waals surface area contributed by atoms with Gasteiger partial charge in [0, 0.05) is 36.5 Å². The molecule has 0 spiro atoms. The number of hydrogen-bond acceptors (Lipinski definition) is 3. The van der Waals surface area contributed by atoms with Gasteiger partial charge in [-0.25, -0.2) is 0 Å². The van der Waals surface area contributed by atoms with E-state index < -0.39 is 11.6 Å². The maximum absolute atomic E-state index is 13.4. The van der Waals surface area contributed by atoms with Gasteiger partial charge in [0.1, 0.15) is 11.4 Å². The molecule has 1 N–H and O–H groups in total. The number of carbonyl (C=O) groups excluding carboxylic acids is 1. The molecule has 4 rings (SSSR count). The van der Waals surface area contributed by atoms with E-state index in [0.717, 1.165) is 16.7 Å². The van der Waals surface area contributed by atoms with Crippen molar-refractivity contribution >= 4 is 46.7 Å². The third kappa shape index (κ3) is 5.92. The monoisotopic (exact) mass is 531 g/mol. The number of halogens is 3. The summed E-state index contributed by atoms with van der Waals surface area (Å²) in [7, 11) is 0. The van der Waals surface area contributed by atoms with Crippen molar-refractivity contribution in [2.24, 2.45) is 0 Å². The van der Waals surface area contributed by atoms with E-state index in [1.165, 1.54) is 4.90 Å². The molecule has 5 nitrogen and oxygen atoms in total. The molecule has 1 aliphatic rings. The minimum Gasteiger partial charge on any atom is -0.487 e. The Hall–Kier alpha value is -2.73. The van der Waals surface area contributed by atoms with Gasteiger partial charge in [0.2, 0.25) is 0 Å². The molecule has 1 heterocycles. The van der Waals surface area contributed by atoms with Gasteiger partial charge in [0.15, 0.2) is 0 Å². The lowest BCUT2D eigenvalue weighted by molar-refractivity contribution is -0.137. The molecule has 0 unspecified atom stereocenters. The van der Waals surface area contributed by atoms with Crippen molar-refractivity contribution in [1.82, 2.24) is 4.90 Å². The van der Waals surface area contributed by atoms with E-state index in [1.54, 1.807) is 24.3 Å². The summed E-state index contributed by atoms with van der Waals surface area (Å²) < 4.78 is 6.26. The fraction of sp³-hybridized carbons (Fsp3) is 0.259. The van der Waals surface area contributed by atoms with E-state index in [9.17, 15) is 14.7 Å². The summed E-state index contributed by atoms with van der Waals surface area (Å²) in [5, 5.41) is 10.7. The van der Waals surface area contributed by atoms with Crippen molar-refractivity contribution in [1.29, 1.82) is 0 Å². The van der Waals surface area contributed by atoms with Crippen LogP contribution in [0.5, 0.6) is 5.75 Å². The molecule has 0 aromatic heterocycles. The van der Waals surface area contributed by atoms with Gasteiger partial charge in [-0.1, -0.05) is 65.1 Å². The van der Waals surface area contributed by atoms with Crippen molar-refractivity contribution in [3.8, 4) is 5.75 Å². The zero-order valence-corrected chi connectivity index (χ0v) is 21.3. The van der Waals surface area contributed by atoms with Gasteiger partial charge in [-0.05, 0) is 53.9 Å². The van der Waals surface area contributed by atoms with Crippen LogP contribution in [-0.2, 0) is 24.2 Å². The van der Waals surface area contributed by atoms with E-state index in [4.69, 9.17) is 39.5 Å². The second-order valence-corrected chi connectivity index (χ2v) is 10.1. The van der Waals surface area contributed by atoms with Crippen LogP contribution in [0.3, 0.4) is 0 Å². The molecule has 1 aliphatic heterocycles. The Morgan fingerprint density at radius 1 is 1.00 bits per heavy atom. The van der Waals surface area contributed by atoms with E-state index in [0.29, 0.717) is 39.2 Å². The number of rotatable bonds is 8. The van der Waals surface area contributed by atoms with Crippen LogP contribution in [0, 0.1) is 0 Å². The van der Waals surface area contributed by atoms with Crippen molar-refractivity contribution in [3.05, 3.63) is 98.0 Å². The molecule has 0 radical (unpaired) electrons. The molecular weight excluding hydrogens is 509 g/mol. The van der Waals surface area contributed by atoms with E-state index in [-0.39, 0.29) is 25.4 Å². The minimum absolute atomic E-state index is 0.0674. The summed E-state index contributed by atoms with van der Waals surface area (Å²) in [5.74, 6) is -0.523. The largest absolute Gasteiger partial charge is 0.487 e. The number of carboxylic acid groups (broad SMARTS) is 1. The average molecular weight is 533 g/mol. The number of fused-ring (bicyclic) bond motifs is 1. The van der Waals surface area contributed by atoms with Gasteiger partial charge in [0.05, 0.1) is 16.5 Å². The fourth-order valence-corrected chi connectivity index (χ4v) is 4.92. The standard InChI is InChI=1S/C27H24Cl3NO4/c1-27(14-18-6-4-8-22(29)25(18)30)15-20-13-17(9-10-23(20)35-27)26(34)31(12-11-24(32)33)16-19-5-2-3-7-21(19)28/h2-10,13H,11-12,14-16H2,1H3,(H,32,33)/t27-/m1/s1. The summed E-state index contributed by atoms with van der Waals surface area (Å²) in [6.07, 6.45) is 0.982. The quantitative estimate of drug-likeness (QED) is 0.350. The lowest BCUT2D eigenvalue weighted by Gasteiger charge is -2.24. The normalized spacial score (nSPS) is 16.5. The molecule has 0 fully saturated rings. The Morgan fingerprint density at radius 3 is 2.46 bits per heavy atom. The van der Waals surface area contributed by atoms with Gasteiger partial charge in [-0.2, -0.15) is 0 Å². The topological polar surface area (TPSA) is 66.8 Å². The highest BCUT2D eigenvalue weighted by molar-refractivity contribution is 6.42. The number of carbonyl (C=O) groups is 2. The minimum atomic E-state index is -0.972. The number of ether oxygens (including phenoxy) is 1. The zero-order chi connectivity index (χ0) is 25.2. The Balaban J connectivity index is 1.55. The smallest absolute Gasteiger partial charge is 0.305 e. The van der Waals surface area contributed by atoms with Crippen LogP contribution in [0.25, 0.3) is 0 Å². The van der Waals surface area contributed by atoms with Crippen LogP contribution >= 0.6 is 34.8 Å². The fourth-order valence-electron chi connectivity index (χ4n) is 4.34. The Morgan fingerprint density at radius 2 is 1.71 bits per heavy atom. The first-order chi connectivity index (χ1) is 16.6. The average Bonchev–Trinajstić information content (AvgIpc) is 3.15. The highest BCUT2D eigenvalue weighted by Gasteiger charge is 2.36. The maximum Gasteiger partial charge on any atom is 0.305 e. The molecule has 35 heavy (non-hydrogen) atoms. The van der Waals surface area contributed by atoms with Crippen molar-refractivity contribution in [3.63, 3.8) is 0 Å². The number of nitrogens with zero attached hydrogens (tertiary/aromatic N) is 1. The highest BCUT2D eigenvalue weighted by Crippen LogP contribution is 2.39. The number of benzene rings is 3. The Bertz CT molecular complexity index is 1280. The van der Waals surface area contributed by atoms with Crippen molar-refractivity contribution in [2.75, 3.05) is 6.54 Å². The molecule has 0 bridgehead atoms. The number of aliphatic carboxylic acids is 1. The molecule has 8 heteroatoms. The molecule has 0 aliphatic carbocycles. The predicted molar refractivity (Wildman–Crippen MR) is 138 cm³/mol. The Labute approximate surface area is 219 Å². The van der Waals surface area contributed by atoms with Gasteiger partial charge < -0.3 is 14.7 Å². The first kappa shape index (κ1) is 25.4. The van der Waals surface area contributed by atoms with Gasteiger partial charge in [-0.3, -0.25) is 9.59 Å². The van der Waals surface area contributed by atoms with Gasteiger partial charge >= 0.3 is 5.97 Å². The second-order valence-electron chi connectivity index (χ2n) is 8.90. The lowest BCUT2D eigenvalue weighted by atomic mass is 9.91. The second kappa shape index (κ2) is 10.5. The van der Waals surface area contributed by atoms with Crippen molar-refractivity contribution < 1.29 is 19.4 Å². The van der Waals surface area contributed by atoms with Crippen LogP contribution in [0.4, 0.5) is 0 Å². The molecule has 0 saturated carbocycles. The lowest BCUT2D eigenvalue weighted by Crippen LogP contribution is -2.33. The summed E-state index contributed by atoms with van der Waals surface area (Å²) in [6.45, 7) is 2.28.